The molecular weight excluding hydrogens is 1580 g/mol. The number of nitrogens with two attached hydrogens (primary N) is 4. The molecule has 0 spiro atoms. The minimum Gasteiger partial charge on any atom is -0.481 e. The van der Waals surface area contributed by atoms with E-state index in [2.05, 4.69) is 70.4 Å². The molecule has 2 heterocycles. The number of fused-ring (bicyclic) bond motifs is 1. The summed E-state index contributed by atoms with van der Waals surface area (Å²) >= 11 is 0. The first-order chi connectivity index (χ1) is 56.8. The van der Waals surface area contributed by atoms with Crippen molar-refractivity contribution in [1.82, 2.24) is 79.4 Å². The number of unbranched alkanes of at least 4 members (excludes halogenated alkanes) is 6. The minimum absolute atomic E-state index is 0.00199. The number of nitrogen functional groups attached to an aromatic ring is 1. The summed E-state index contributed by atoms with van der Waals surface area (Å²) < 4.78 is 5.74. The number of rotatable bonds is 38. The Morgan fingerprint density at radius 2 is 1.14 bits per heavy atom. The Morgan fingerprint density at radius 1 is 0.575 bits per heavy atom. The number of hydrogen-bond acceptors (Lipinski definition) is 26. The summed E-state index contributed by atoms with van der Waals surface area (Å²) in [7, 11) is 0. The van der Waals surface area contributed by atoms with Gasteiger partial charge in [-0.2, -0.15) is 0 Å². The molecule has 45 nitrogen and oxygen atoms in total. The van der Waals surface area contributed by atoms with E-state index in [-0.39, 0.29) is 43.6 Å². The lowest BCUT2D eigenvalue weighted by atomic mass is 9.96. The number of ether oxygens (including phenoxy) is 1. The first kappa shape index (κ1) is 99.6. The second-order valence-electron chi connectivity index (χ2n) is 28.5. The van der Waals surface area contributed by atoms with Crippen LogP contribution < -0.4 is 97.4 Å². The number of amides is 15. The number of para-hydroxylation sites is 2. The standard InChI is InChI=1S/C75H109N19O26/c1-5-6-7-8-9-10-11-22-56(99)86-48(27-40-33-81-45-20-15-13-17-41(40)45)70(114)90-49(29-55(79)98)71(115)88-47(23-25-95)68(112)94-63-39(4)120-75(119)52(28-54(97)42-18-12-14-19-43(42)77)92-74(118)62(37(2)26-59(102)103)93-72(116)53(36-96)87-58(101)34-82-66(110)50(30-60(104)105)89-64(108)38(3)84-69(113)51(31-61(106)107)91-67(111)46(85-57(100)35-83-73(63)117)21-16-24-80-65(109)44(78)32-76/h12-15,17-20,33,37-39,44,46-53,62-63,81,95-96H,5-11,16,21-32,34-36,76-78H2,1-4H3,(H2,79,98)(H,80,109)(H,82,110)(H,83,117)(H,84,113)(H,85,100)(H,86,99)(H,87,101)(H,88,115)(H,89,108)(H,90,114)(H,91,111)(H,92,118)(H,93,116)(H,94,112)(H,102,103)(H,104,105)(H,106,107)/t37-,38-,39-,44?,46+,47+,48+,49+,50+,51+,52+,53-,62+,63+/m1/s1. The normalized spacial score (nSPS) is 21.1. The fraction of sp³-hybridized carbons (Fsp3) is 0.547. The Kier molecular flexibility index (Phi) is 42.1. The van der Waals surface area contributed by atoms with E-state index in [1.165, 1.54) is 24.3 Å². The van der Waals surface area contributed by atoms with Crippen LogP contribution in [0.1, 0.15) is 146 Å². The molecule has 2 aromatic carbocycles. The minimum atomic E-state index is -2.38. The second-order valence-corrected chi connectivity index (χ2v) is 28.5. The molecule has 120 heavy (non-hydrogen) atoms. The molecule has 1 aromatic heterocycles. The van der Waals surface area contributed by atoms with Crippen LogP contribution in [0.25, 0.3) is 10.9 Å². The van der Waals surface area contributed by atoms with Crippen molar-refractivity contribution in [1.29, 1.82) is 0 Å². The van der Waals surface area contributed by atoms with Crippen LogP contribution in [0.4, 0.5) is 5.69 Å². The molecule has 1 aliphatic rings. The Bertz CT molecular complexity index is 4160. The van der Waals surface area contributed by atoms with Crippen molar-refractivity contribution in [2.24, 2.45) is 23.1 Å². The summed E-state index contributed by atoms with van der Waals surface area (Å²) in [5.41, 5.74) is 23.7. The van der Waals surface area contributed by atoms with E-state index in [9.17, 15) is 121 Å². The maximum atomic E-state index is 14.9. The number of carboxylic acids is 3. The number of ketones is 1. The molecule has 28 N–H and O–H groups in total. The summed E-state index contributed by atoms with van der Waals surface area (Å²) in [5, 5.41) is 82.1. The van der Waals surface area contributed by atoms with Gasteiger partial charge in [0.1, 0.15) is 72.6 Å². The summed E-state index contributed by atoms with van der Waals surface area (Å²) in [6.45, 7) is -0.263. The third-order valence-electron chi connectivity index (χ3n) is 18.8. The van der Waals surface area contributed by atoms with E-state index in [4.69, 9.17) is 27.7 Å². The maximum absolute atomic E-state index is 14.9. The Morgan fingerprint density at radius 3 is 1.76 bits per heavy atom. The first-order valence-corrected chi connectivity index (χ1v) is 38.7. The number of anilines is 1. The summed E-state index contributed by atoms with van der Waals surface area (Å²) in [5.74, 6) is -28.3. The Labute approximate surface area is 687 Å². The molecule has 1 aliphatic heterocycles. The van der Waals surface area contributed by atoms with Crippen molar-refractivity contribution in [3.63, 3.8) is 0 Å². The lowest BCUT2D eigenvalue weighted by Crippen LogP contribution is -2.61. The molecule has 1 unspecified atom stereocenters. The zero-order chi connectivity index (χ0) is 89.5. The van der Waals surface area contributed by atoms with Gasteiger partial charge in [-0.1, -0.05) is 82.7 Å². The average molecular weight is 1690 g/mol. The van der Waals surface area contributed by atoms with Crippen molar-refractivity contribution in [3.05, 3.63) is 65.9 Å². The van der Waals surface area contributed by atoms with Crippen LogP contribution in [-0.4, -0.2) is 267 Å². The molecule has 15 amide bonds. The van der Waals surface area contributed by atoms with Gasteiger partial charge in [0.25, 0.3) is 0 Å². The van der Waals surface area contributed by atoms with Crippen molar-refractivity contribution in [2.45, 2.75) is 215 Å². The molecule has 45 heteroatoms. The third-order valence-corrected chi connectivity index (χ3v) is 18.8. The highest BCUT2D eigenvalue weighted by atomic mass is 16.5. The van der Waals surface area contributed by atoms with E-state index >= 15 is 0 Å². The van der Waals surface area contributed by atoms with Gasteiger partial charge in [-0.3, -0.25) is 91.1 Å². The van der Waals surface area contributed by atoms with Crippen LogP contribution in [-0.2, 0) is 102 Å². The highest BCUT2D eigenvalue weighted by Gasteiger charge is 2.41. The van der Waals surface area contributed by atoms with Gasteiger partial charge in [-0.25, -0.2) is 4.79 Å². The molecule has 0 bridgehead atoms. The molecule has 0 saturated carbocycles. The van der Waals surface area contributed by atoms with Gasteiger partial charge in [0.15, 0.2) is 5.78 Å². The largest absolute Gasteiger partial charge is 0.481 e. The Balaban J connectivity index is 1.90. The van der Waals surface area contributed by atoms with Crippen molar-refractivity contribution in [3.8, 4) is 0 Å². The third kappa shape index (κ3) is 34.0. The lowest BCUT2D eigenvalue weighted by Gasteiger charge is -2.30. The van der Waals surface area contributed by atoms with Gasteiger partial charge in [0.05, 0.1) is 51.4 Å². The molecule has 1 saturated heterocycles. The van der Waals surface area contributed by atoms with Crippen LogP contribution >= 0.6 is 0 Å². The summed E-state index contributed by atoms with van der Waals surface area (Å²) in [6, 6.07) is -11.3. The molecule has 1 fully saturated rings. The van der Waals surface area contributed by atoms with Crippen molar-refractivity contribution in [2.75, 3.05) is 45.1 Å². The monoisotopic (exact) mass is 1690 g/mol. The smallest absolute Gasteiger partial charge is 0.329 e. The zero-order valence-corrected chi connectivity index (χ0v) is 66.7. The fourth-order valence-electron chi connectivity index (χ4n) is 12.2. The number of aromatic amines is 1. The van der Waals surface area contributed by atoms with Crippen LogP contribution in [0.3, 0.4) is 0 Å². The SMILES string of the molecule is CCCCCCCCCC(=O)N[C@@H](Cc1c[nH]c2ccccc12)C(=O)N[C@@H](CC(N)=O)C(=O)N[C@@H](CCO)C(=O)N[C@@H]1C(=O)NCC(=O)N[C@@H](CCCNC(=O)C(N)CN)C(=O)N[C@@H](CC(=O)O)C(=O)N[C@H](C)C(=O)N[C@@H](CC(=O)O)C(=O)NCC(=O)N[C@H](CO)C(=O)N[C@@H]([C@H](C)CC(=O)O)C(=O)N[C@@H](CC(=O)c2ccccc2N)C(=O)O[C@@H]1C. The van der Waals surface area contributed by atoms with Gasteiger partial charge in [-0.15, -0.1) is 0 Å². The average Bonchev–Trinajstić information content (AvgIpc) is 1.62. The number of esters is 1. The van der Waals surface area contributed by atoms with E-state index in [0.29, 0.717) is 29.3 Å². The van der Waals surface area contributed by atoms with Gasteiger partial charge in [-0.05, 0) is 69.2 Å². The van der Waals surface area contributed by atoms with Crippen molar-refractivity contribution < 1.29 is 126 Å². The number of aliphatic carboxylic acids is 3. The molecule has 0 radical (unpaired) electrons. The predicted octanol–water partition coefficient (Wildman–Crippen LogP) is -7.27. The molecule has 4 rings (SSSR count). The number of aliphatic hydroxyl groups is 2. The number of aliphatic hydroxyl groups excluding tert-OH is 2. The molecule has 660 valence electrons. The number of benzene rings is 2. The topological polar surface area (TPSA) is 740 Å². The van der Waals surface area contributed by atoms with Crippen LogP contribution in [0.2, 0.25) is 0 Å². The van der Waals surface area contributed by atoms with Crippen molar-refractivity contribution >= 4 is 135 Å². The van der Waals surface area contributed by atoms with Gasteiger partial charge in [0.2, 0.25) is 88.6 Å². The van der Waals surface area contributed by atoms with Gasteiger partial charge >= 0.3 is 23.9 Å². The number of carbonyl (C=O) groups is 20. The summed E-state index contributed by atoms with van der Waals surface area (Å²) in [6.07, 6.45) is -1.75. The number of carboxylic acid groups (broad SMARTS) is 3. The van der Waals surface area contributed by atoms with Gasteiger partial charge < -0.3 is 133 Å². The van der Waals surface area contributed by atoms with E-state index < -0.39 is 274 Å². The quantitative estimate of drug-likeness (QED) is 0.0110. The fourth-order valence-corrected chi connectivity index (χ4v) is 12.2. The maximum Gasteiger partial charge on any atom is 0.329 e. The van der Waals surface area contributed by atoms with Crippen LogP contribution in [0.5, 0.6) is 0 Å². The Hall–Kier alpha value is -12.8. The number of H-pyrrole nitrogens is 1. The number of nitrogens with one attached hydrogen (secondary N) is 15. The number of aromatic nitrogens is 1. The molecule has 3 aromatic rings. The zero-order valence-electron chi connectivity index (χ0n) is 66.7. The van der Waals surface area contributed by atoms with Gasteiger partial charge in [0, 0.05) is 67.3 Å². The number of primary amides is 1. The second kappa shape index (κ2) is 50.8. The molecule has 14 atom stereocenters. The first-order valence-electron chi connectivity index (χ1n) is 38.7. The number of cyclic esters (lactones) is 1. The van der Waals surface area contributed by atoms with E-state index in [1.54, 1.807) is 30.5 Å². The summed E-state index contributed by atoms with van der Waals surface area (Å²) in [4.78, 5) is 278. The molecule has 0 aliphatic carbocycles. The highest BCUT2D eigenvalue weighted by Crippen LogP contribution is 2.22. The van der Waals surface area contributed by atoms with Crippen LogP contribution in [0, 0.1) is 5.92 Å². The number of carbonyl (C=O) groups excluding carboxylic acids is 17. The molecular formula is C75H109N19O26. The van der Waals surface area contributed by atoms with E-state index in [1.807, 2.05) is 16.0 Å². The predicted molar refractivity (Wildman–Crippen MR) is 421 cm³/mol. The number of Topliss-reactive ketones (excluding diaryl/α,β-unsaturated/α-hetero) is 1. The van der Waals surface area contributed by atoms with Crippen LogP contribution in [0.15, 0.2) is 54.7 Å². The van der Waals surface area contributed by atoms with E-state index in [0.717, 1.165) is 52.9 Å². The lowest BCUT2D eigenvalue weighted by molar-refractivity contribution is -0.156. The number of hydrogen-bond donors (Lipinski definition) is 24. The highest BCUT2D eigenvalue weighted by molar-refractivity contribution is 6.05.